The number of rotatable bonds is 5. The maximum atomic E-state index is 11.3. The number of carbonyl (C=O) groups excluding carboxylic acids is 1. The van der Waals surface area contributed by atoms with E-state index >= 15 is 0 Å². The maximum absolute atomic E-state index is 11.3. The number of hydrogen-bond acceptors (Lipinski definition) is 5. The molecule has 0 unspecified atom stereocenters. The molecule has 0 saturated heterocycles. The summed E-state index contributed by atoms with van der Waals surface area (Å²) in [6.07, 6.45) is 0.551. The second-order valence-electron chi connectivity index (χ2n) is 3.97. The average molecular weight is 227 g/mol. The summed E-state index contributed by atoms with van der Waals surface area (Å²) < 4.78 is 10.0. The Morgan fingerprint density at radius 2 is 2.19 bits per heavy atom. The molecule has 0 aliphatic rings. The minimum Gasteiger partial charge on any atom is -0.460 e. The summed E-state index contributed by atoms with van der Waals surface area (Å²) in [7, 11) is 1.63. The highest BCUT2D eigenvalue weighted by Crippen LogP contribution is 2.13. The first-order valence-corrected chi connectivity index (χ1v) is 5.12. The highest BCUT2D eigenvalue weighted by atomic mass is 16.5. The largest absolute Gasteiger partial charge is 0.460 e. The molecule has 1 N–H and O–H groups in total. The van der Waals surface area contributed by atoms with Gasteiger partial charge in [0.15, 0.2) is 0 Å². The normalized spacial score (nSPS) is 11.5. The summed E-state index contributed by atoms with van der Waals surface area (Å²) >= 11 is 0. The van der Waals surface area contributed by atoms with Gasteiger partial charge in [-0.05, 0) is 20.8 Å². The van der Waals surface area contributed by atoms with E-state index in [1.807, 2.05) is 13.8 Å². The molecule has 1 aromatic heterocycles. The fourth-order valence-electron chi connectivity index (χ4n) is 1.14. The zero-order chi connectivity index (χ0) is 12.2. The highest BCUT2D eigenvalue weighted by molar-refractivity contribution is 5.84. The van der Waals surface area contributed by atoms with Crippen molar-refractivity contribution >= 4 is 5.97 Å². The van der Waals surface area contributed by atoms with Crippen molar-refractivity contribution in [3.63, 3.8) is 0 Å². The van der Waals surface area contributed by atoms with Crippen molar-refractivity contribution < 1.29 is 14.3 Å². The Bertz CT molecular complexity index is 360. The predicted octanol–water partition coefficient (Wildman–Crippen LogP) is 0.949. The molecule has 1 aromatic rings. The standard InChI is InChI=1S/C10H17N3O3/c1-5-16-9(14)8-11-7(12-13-8)6-10(2,3)15-4/h5-6H2,1-4H3,(H,11,12,13). The van der Waals surface area contributed by atoms with Crippen molar-refractivity contribution in [2.75, 3.05) is 13.7 Å². The lowest BCUT2D eigenvalue weighted by Crippen LogP contribution is -2.26. The van der Waals surface area contributed by atoms with E-state index in [0.29, 0.717) is 18.9 Å². The van der Waals surface area contributed by atoms with Crippen molar-refractivity contribution in [3.05, 3.63) is 11.6 Å². The van der Waals surface area contributed by atoms with E-state index < -0.39 is 5.97 Å². The number of nitrogens with zero attached hydrogens (tertiary/aromatic N) is 2. The zero-order valence-corrected chi connectivity index (χ0v) is 10.0. The number of methoxy groups -OCH3 is 1. The first kappa shape index (κ1) is 12.6. The Morgan fingerprint density at radius 1 is 1.50 bits per heavy atom. The second kappa shape index (κ2) is 5.07. The Labute approximate surface area is 94.4 Å². The Kier molecular flexibility index (Phi) is 4.00. The molecule has 6 nitrogen and oxygen atoms in total. The van der Waals surface area contributed by atoms with Crippen LogP contribution in [0.2, 0.25) is 0 Å². The number of aromatic nitrogens is 3. The van der Waals surface area contributed by atoms with E-state index in [4.69, 9.17) is 9.47 Å². The number of aromatic amines is 1. The van der Waals surface area contributed by atoms with Gasteiger partial charge in [-0.2, -0.15) is 0 Å². The van der Waals surface area contributed by atoms with Crippen LogP contribution >= 0.6 is 0 Å². The fourth-order valence-corrected chi connectivity index (χ4v) is 1.14. The zero-order valence-electron chi connectivity index (χ0n) is 10.0. The SMILES string of the molecule is CCOC(=O)c1n[nH]c(CC(C)(C)OC)n1. The first-order valence-electron chi connectivity index (χ1n) is 5.12. The molecule has 0 aliphatic heterocycles. The van der Waals surface area contributed by atoms with Gasteiger partial charge in [0, 0.05) is 13.5 Å². The van der Waals surface area contributed by atoms with E-state index in [1.54, 1.807) is 14.0 Å². The quantitative estimate of drug-likeness (QED) is 0.758. The molecule has 0 saturated carbocycles. The fraction of sp³-hybridized carbons (Fsp3) is 0.700. The minimum atomic E-state index is -0.514. The van der Waals surface area contributed by atoms with E-state index in [9.17, 15) is 4.79 Å². The molecule has 0 aromatic carbocycles. The molecule has 1 heterocycles. The van der Waals surface area contributed by atoms with Crippen LogP contribution < -0.4 is 0 Å². The number of ether oxygens (including phenoxy) is 2. The van der Waals surface area contributed by atoms with Gasteiger partial charge >= 0.3 is 5.97 Å². The number of H-pyrrole nitrogens is 1. The van der Waals surface area contributed by atoms with Crippen LogP contribution in [-0.2, 0) is 15.9 Å². The summed E-state index contributed by atoms with van der Waals surface area (Å²) in [6.45, 7) is 5.91. The van der Waals surface area contributed by atoms with Gasteiger partial charge in [0.05, 0.1) is 12.2 Å². The Balaban J connectivity index is 2.68. The van der Waals surface area contributed by atoms with Gasteiger partial charge in [0.25, 0.3) is 5.82 Å². The minimum absolute atomic E-state index is 0.0590. The molecular formula is C10H17N3O3. The lowest BCUT2D eigenvalue weighted by Gasteiger charge is -2.20. The van der Waals surface area contributed by atoms with Gasteiger partial charge in [-0.3, -0.25) is 5.10 Å². The Morgan fingerprint density at radius 3 is 2.75 bits per heavy atom. The summed E-state index contributed by atoms with van der Waals surface area (Å²) in [5.41, 5.74) is -0.342. The number of carbonyl (C=O) groups is 1. The molecule has 0 radical (unpaired) electrons. The number of nitrogens with one attached hydrogen (secondary N) is 1. The van der Waals surface area contributed by atoms with Crippen LogP contribution in [0.3, 0.4) is 0 Å². The summed E-state index contributed by atoms with van der Waals surface area (Å²) in [4.78, 5) is 15.3. The van der Waals surface area contributed by atoms with Crippen LogP contribution in [0.5, 0.6) is 0 Å². The molecule has 0 aliphatic carbocycles. The molecule has 1 rings (SSSR count). The smallest absolute Gasteiger partial charge is 0.378 e. The number of hydrogen-bond donors (Lipinski definition) is 1. The molecule has 0 spiro atoms. The van der Waals surface area contributed by atoms with Crippen molar-refractivity contribution in [3.8, 4) is 0 Å². The third-order valence-corrected chi connectivity index (χ3v) is 2.14. The molecule has 0 fully saturated rings. The van der Waals surface area contributed by atoms with E-state index in [0.717, 1.165) is 0 Å². The Hall–Kier alpha value is -1.43. The summed E-state index contributed by atoms with van der Waals surface area (Å²) in [5, 5.41) is 6.48. The molecule has 0 atom stereocenters. The maximum Gasteiger partial charge on any atom is 0.378 e. The lowest BCUT2D eigenvalue weighted by molar-refractivity contribution is 0.0215. The predicted molar refractivity (Wildman–Crippen MR) is 57.1 cm³/mol. The third-order valence-electron chi connectivity index (χ3n) is 2.14. The van der Waals surface area contributed by atoms with E-state index in [1.165, 1.54) is 0 Å². The average Bonchev–Trinajstić information content (AvgIpc) is 2.66. The molecular weight excluding hydrogens is 210 g/mol. The second-order valence-corrected chi connectivity index (χ2v) is 3.97. The molecule has 16 heavy (non-hydrogen) atoms. The van der Waals surface area contributed by atoms with Crippen LogP contribution in [0.4, 0.5) is 0 Å². The van der Waals surface area contributed by atoms with Crippen molar-refractivity contribution in [1.82, 2.24) is 15.2 Å². The van der Waals surface area contributed by atoms with Gasteiger partial charge in [0.2, 0.25) is 0 Å². The lowest BCUT2D eigenvalue weighted by atomic mass is 10.1. The molecule has 90 valence electrons. The van der Waals surface area contributed by atoms with Gasteiger partial charge in [0.1, 0.15) is 5.82 Å². The van der Waals surface area contributed by atoms with Crippen LogP contribution in [0.15, 0.2) is 0 Å². The van der Waals surface area contributed by atoms with E-state index in [-0.39, 0.29) is 11.4 Å². The van der Waals surface area contributed by atoms with Crippen LogP contribution in [-0.4, -0.2) is 40.5 Å². The van der Waals surface area contributed by atoms with Gasteiger partial charge in [-0.1, -0.05) is 0 Å². The van der Waals surface area contributed by atoms with Crippen LogP contribution in [0, 0.1) is 0 Å². The summed E-state index contributed by atoms with van der Waals surface area (Å²) in [6, 6.07) is 0. The van der Waals surface area contributed by atoms with E-state index in [2.05, 4.69) is 15.2 Å². The molecule has 6 heteroatoms. The van der Waals surface area contributed by atoms with Crippen molar-refractivity contribution in [1.29, 1.82) is 0 Å². The number of esters is 1. The van der Waals surface area contributed by atoms with Crippen LogP contribution in [0.1, 0.15) is 37.2 Å². The van der Waals surface area contributed by atoms with Crippen molar-refractivity contribution in [2.45, 2.75) is 32.8 Å². The topological polar surface area (TPSA) is 77.1 Å². The molecule has 0 bridgehead atoms. The van der Waals surface area contributed by atoms with Crippen LogP contribution in [0.25, 0.3) is 0 Å². The van der Waals surface area contributed by atoms with Crippen molar-refractivity contribution in [2.24, 2.45) is 0 Å². The molecule has 0 amide bonds. The summed E-state index contributed by atoms with van der Waals surface area (Å²) in [5.74, 6) is 0.152. The van der Waals surface area contributed by atoms with Gasteiger partial charge < -0.3 is 9.47 Å². The third kappa shape index (κ3) is 3.30. The van der Waals surface area contributed by atoms with Gasteiger partial charge in [-0.15, -0.1) is 5.10 Å². The van der Waals surface area contributed by atoms with Gasteiger partial charge in [-0.25, -0.2) is 9.78 Å². The monoisotopic (exact) mass is 227 g/mol. The highest BCUT2D eigenvalue weighted by Gasteiger charge is 2.21. The first-order chi connectivity index (χ1) is 7.48.